The second-order valence-corrected chi connectivity index (χ2v) is 10.1. The predicted octanol–water partition coefficient (Wildman–Crippen LogP) is 3.89. The van der Waals surface area contributed by atoms with Crippen LogP contribution in [0.15, 0.2) is 70.9 Å². The molecule has 0 atom stereocenters. The summed E-state index contributed by atoms with van der Waals surface area (Å²) in [5.74, 6) is -0.695. The molecule has 0 saturated heterocycles. The van der Waals surface area contributed by atoms with Crippen LogP contribution in [0, 0.1) is 0 Å². The molecular weight excluding hydrogens is 432 g/mol. The van der Waals surface area contributed by atoms with Crippen molar-refractivity contribution in [2.45, 2.75) is 4.21 Å². The van der Waals surface area contributed by atoms with Gasteiger partial charge in [-0.1, -0.05) is 54.1 Å². The molecule has 0 aliphatic carbocycles. The summed E-state index contributed by atoms with van der Waals surface area (Å²) in [5.41, 5.74) is 1.36. The average Bonchev–Trinajstić information content (AvgIpc) is 3.15. The molecule has 1 amide bonds. The van der Waals surface area contributed by atoms with Gasteiger partial charge in [0, 0.05) is 23.9 Å². The molecule has 6 nitrogen and oxygen atoms in total. The first kappa shape index (κ1) is 21.2. The largest absolute Gasteiger partial charge is 0.325 e. The van der Waals surface area contributed by atoms with E-state index in [0.717, 1.165) is 15.6 Å². The van der Waals surface area contributed by atoms with E-state index < -0.39 is 15.9 Å². The molecule has 1 aromatic heterocycles. The Kier molecular flexibility index (Phi) is 6.49. The van der Waals surface area contributed by atoms with E-state index in [9.17, 15) is 18.0 Å². The van der Waals surface area contributed by atoms with Crippen LogP contribution in [0.5, 0.6) is 0 Å². The van der Waals surface area contributed by atoms with E-state index in [2.05, 4.69) is 5.32 Å². The number of carbonyl (C=O) groups excluding carboxylic acids is 2. The molecule has 0 spiro atoms. The van der Waals surface area contributed by atoms with Crippen LogP contribution in [0.1, 0.15) is 15.9 Å². The number of amides is 1. The maximum Gasteiger partial charge on any atom is 0.252 e. The fourth-order valence-electron chi connectivity index (χ4n) is 2.57. The number of thiophene rings is 1. The number of benzene rings is 2. The monoisotopic (exact) mass is 448 g/mol. The SMILES string of the molecule is CN(CC(=O)Nc1cccc(C(=O)c2ccccc2)c1)S(=O)(=O)c1ccc(Cl)s1. The molecule has 29 heavy (non-hydrogen) atoms. The molecule has 2 aromatic carbocycles. The summed E-state index contributed by atoms with van der Waals surface area (Å²) in [7, 11) is -2.49. The number of anilines is 1. The Morgan fingerprint density at radius 3 is 2.34 bits per heavy atom. The molecule has 3 rings (SSSR count). The minimum absolute atomic E-state index is 0.0632. The number of sulfonamides is 1. The number of hydrogen-bond donors (Lipinski definition) is 1. The molecule has 3 aromatic rings. The third kappa shape index (κ3) is 5.10. The second-order valence-electron chi connectivity index (χ2n) is 6.14. The molecule has 1 heterocycles. The summed E-state index contributed by atoms with van der Waals surface area (Å²) in [6.07, 6.45) is 0. The molecule has 0 saturated carbocycles. The van der Waals surface area contributed by atoms with E-state index in [-0.39, 0.29) is 16.5 Å². The number of likely N-dealkylation sites (N-methyl/N-ethyl adjacent to an activating group) is 1. The van der Waals surface area contributed by atoms with Crippen molar-refractivity contribution in [2.24, 2.45) is 0 Å². The highest BCUT2D eigenvalue weighted by Crippen LogP contribution is 2.27. The third-order valence-electron chi connectivity index (χ3n) is 4.02. The number of nitrogens with zero attached hydrogens (tertiary/aromatic N) is 1. The molecule has 0 unspecified atom stereocenters. The molecule has 0 aliphatic rings. The summed E-state index contributed by atoms with van der Waals surface area (Å²) < 4.78 is 26.3. The van der Waals surface area contributed by atoms with Crippen LogP contribution in [0.4, 0.5) is 5.69 Å². The predicted molar refractivity (Wildman–Crippen MR) is 114 cm³/mol. The standard InChI is InChI=1S/C20H17ClN2O4S2/c1-23(29(26,27)19-11-10-17(21)28-19)13-18(24)22-16-9-5-8-15(12-16)20(25)14-6-3-2-4-7-14/h2-12H,13H2,1H3,(H,22,24). The van der Waals surface area contributed by atoms with E-state index in [1.807, 2.05) is 6.07 Å². The first-order valence-corrected chi connectivity index (χ1v) is 11.1. The summed E-state index contributed by atoms with van der Waals surface area (Å²) in [6, 6.07) is 18.2. The van der Waals surface area contributed by atoms with Crippen molar-refractivity contribution in [1.29, 1.82) is 0 Å². The van der Waals surface area contributed by atoms with E-state index in [1.54, 1.807) is 48.5 Å². The Labute approximate surface area is 177 Å². The van der Waals surface area contributed by atoms with Gasteiger partial charge in [-0.2, -0.15) is 4.31 Å². The molecule has 0 radical (unpaired) electrons. The highest BCUT2D eigenvalue weighted by molar-refractivity contribution is 7.91. The number of hydrogen-bond acceptors (Lipinski definition) is 5. The van der Waals surface area contributed by atoms with Gasteiger partial charge in [0.05, 0.1) is 10.9 Å². The fraction of sp³-hybridized carbons (Fsp3) is 0.100. The van der Waals surface area contributed by atoms with Crippen LogP contribution >= 0.6 is 22.9 Å². The van der Waals surface area contributed by atoms with Crippen LogP contribution in [0.2, 0.25) is 4.34 Å². The van der Waals surface area contributed by atoms with Gasteiger partial charge in [-0.3, -0.25) is 9.59 Å². The molecule has 9 heteroatoms. The van der Waals surface area contributed by atoms with Gasteiger partial charge < -0.3 is 5.32 Å². The molecule has 150 valence electrons. The van der Waals surface area contributed by atoms with Crippen LogP contribution < -0.4 is 5.32 Å². The quantitative estimate of drug-likeness (QED) is 0.556. The lowest BCUT2D eigenvalue weighted by Crippen LogP contribution is -2.34. The average molecular weight is 449 g/mol. The molecular formula is C20H17ClN2O4S2. The molecule has 0 fully saturated rings. The maximum atomic E-state index is 12.5. The molecule has 1 N–H and O–H groups in total. The van der Waals surface area contributed by atoms with Crippen LogP contribution in [0.3, 0.4) is 0 Å². The number of rotatable bonds is 7. The van der Waals surface area contributed by atoms with Crippen molar-refractivity contribution in [3.05, 3.63) is 82.2 Å². The molecule has 0 aliphatic heterocycles. The minimum atomic E-state index is -3.81. The van der Waals surface area contributed by atoms with Crippen LogP contribution in [-0.4, -0.2) is 38.0 Å². The zero-order chi connectivity index (χ0) is 21.0. The number of carbonyl (C=O) groups is 2. The topological polar surface area (TPSA) is 83.6 Å². The fourth-order valence-corrected chi connectivity index (χ4v) is 5.39. The zero-order valence-electron chi connectivity index (χ0n) is 15.3. The van der Waals surface area contributed by atoms with Gasteiger partial charge in [0.15, 0.2) is 5.78 Å². The summed E-state index contributed by atoms with van der Waals surface area (Å²) in [4.78, 5) is 24.9. The maximum absolute atomic E-state index is 12.5. The van der Waals surface area contributed by atoms with Gasteiger partial charge in [0.1, 0.15) is 4.21 Å². The van der Waals surface area contributed by atoms with Crippen LogP contribution in [-0.2, 0) is 14.8 Å². The lowest BCUT2D eigenvalue weighted by Gasteiger charge is -2.16. The van der Waals surface area contributed by atoms with Gasteiger partial charge in [-0.05, 0) is 24.3 Å². The Balaban J connectivity index is 1.69. The van der Waals surface area contributed by atoms with Crippen molar-refractivity contribution in [3.8, 4) is 0 Å². The van der Waals surface area contributed by atoms with E-state index >= 15 is 0 Å². The summed E-state index contributed by atoms with van der Waals surface area (Å²) >= 11 is 6.72. The number of halogens is 1. The Hall–Kier alpha value is -2.52. The highest BCUT2D eigenvalue weighted by Gasteiger charge is 2.24. The van der Waals surface area contributed by atoms with Crippen molar-refractivity contribution >= 4 is 50.3 Å². The van der Waals surface area contributed by atoms with Crippen molar-refractivity contribution in [3.63, 3.8) is 0 Å². The van der Waals surface area contributed by atoms with Crippen molar-refractivity contribution in [2.75, 3.05) is 18.9 Å². The second kappa shape index (κ2) is 8.87. The minimum Gasteiger partial charge on any atom is -0.325 e. The lowest BCUT2D eigenvalue weighted by atomic mass is 10.0. The summed E-state index contributed by atoms with van der Waals surface area (Å²) in [6.45, 7) is -0.380. The van der Waals surface area contributed by atoms with E-state index in [4.69, 9.17) is 11.6 Å². The van der Waals surface area contributed by atoms with Gasteiger partial charge >= 0.3 is 0 Å². The summed E-state index contributed by atoms with van der Waals surface area (Å²) in [5, 5.41) is 2.63. The van der Waals surface area contributed by atoms with Gasteiger partial charge in [-0.15, -0.1) is 11.3 Å². The van der Waals surface area contributed by atoms with Crippen molar-refractivity contribution in [1.82, 2.24) is 4.31 Å². The first-order valence-electron chi connectivity index (χ1n) is 8.49. The highest BCUT2D eigenvalue weighted by atomic mass is 35.5. The molecule has 0 bridgehead atoms. The Morgan fingerprint density at radius 1 is 1.00 bits per heavy atom. The third-order valence-corrected chi connectivity index (χ3v) is 7.53. The zero-order valence-corrected chi connectivity index (χ0v) is 17.7. The van der Waals surface area contributed by atoms with Crippen LogP contribution in [0.25, 0.3) is 0 Å². The lowest BCUT2D eigenvalue weighted by molar-refractivity contribution is -0.116. The van der Waals surface area contributed by atoms with E-state index in [1.165, 1.54) is 19.2 Å². The smallest absolute Gasteiger partial charge is 0.252 e. The van der Waals surface area contributed by atoms with Gasteiger partial charge in [0.2, 0.25) is 5.91 Å². The van der Waals surface area contributed by atoms with Gasteiger partial charge in [-0.25, -0.2) is 8.42 Å². The van der Waals surface area contributed by atoms with Crippen molar-refractivity contribution < 1.29 is 18.0 Å². The number of ketones is 1. The first-order chi connectivity index (χ1) is 13.8. The number of nitrogens with one attached hydrogen (secondary N) is 1. The Morgan fingerprint density at radius 2 is 1.69 bits per heavy atom. The Bertz CT molecular complexity index is 1140. The van der Waals surface area contributed by atoms with Gasteiger partial charge in [0.25, 0.3) is 10.0 Å². The van der Waals surface area contributed by atoms with E-state index in [0.29, 0.717) is 21.2 Å². The normalized spacial score (nSPS) is 11.4.